The van der Waals surface area contributed by atoms with E-state index in [0.717, 1.165) is 18.8 Å². The summed E-state index contributed by atoms with van der Waals surface area (Å²) in [5, 5.41) is 3.36. The highest BCUT2D eigenvalue weighted by Gasteiger charge is 2.11. The molecule has 1 aromatic carbocycles. The van der Waals surface area contributed by atoms with Gasteiger partial charge < -0.3 is 15.8 Å². The van der Waals surface area contributed by atoms with Crippen molar-refractivity contribution in [1.29, 1.82) is 0 Å². The average molecular weight is 236 g/mol. The van der Waals surface area contributed by atoms with Crippen LogP contribution in [0.15, 0.2) is 6.07 Å². The molecule has 1 aromatic rings. The van der Waals surface area contributed by atoms with Gasteiger partial charge >= 0.3 is 0 Å². The second-order valence-electron chi connectivity index (χ2n) is 4.76. The van der Waals surface area contributed by atoms with Gasteiger partial charge in [0.1, 0.15) is 5.75 Å². The highest BCUT2D eigenvalue weighted by Crippen LogP contribution is 2.29. The zero-order valence-electron chi connectivity index (χ0n) is 11.6. The van der Waals surface area contributed by atoms with Gasteiger partial charge in [-0.25, -0.2) is 0 Å². The van der Waals surface area contributed by atoms with Gasteiger partial charge in [-0.15, -0.1) is 0 Å². The summed E-state index contributed by atoms with van der Waals surface area (Å²) >= 11 is 0. The van der Waals surface area contributed by atoms with Crippen LogP contribution in [0.1, 0.15) is 29.2 Å². The third kappa shape index (κ3) is 3.45. The molecule has 1 atom stereocenters. The minimum absolute atomic E-state index is 0.174. The zero-order valence-corrected chi connectivity index (χ0v) is 11.6. The van der Waals surface area contributed by atoms with Gasteiger partial charge in [0, 0.05) is 24.7 Å². The quantitative estimate of drug-likeness (QED) is 0.822. The fraction of sp³-hybridized carbons (Fsp3) is 0.571. The lowest BCUT2D eigenvalue weighted by Gasteiger charge is -2.17. The van der Waals surface area contributed by atoms with Crippen LogP contribution in [0.3, 0.4) is 0 Å². The molecule has 3 nitrogen and oxygen atoms in total. The Morgan fingerprint density at radius 3 is 2.47 bits per heavy atom. The van der Waals surface area contributed by atoms with E-state index in [-0.39, 0.29) is 6.04 Å². The number of rotatable bonds is 5. The number of hydrogen-bond donors (Lipinski definition) is 2. The third-order valence-electron chi connectivity index (χ3n) is 3.09. The van der Waals surface area contributed by atoms with Crippen molar-refractivity contribution in [2.24, 2.45) is 5.73 Å². The molecule has 0 bridgehead atoms. The first kappa shape index (κ1) is 14.0. The minimum Gasteiger partial charge on any atom is -0.496 e. The zero-order chi connectivity index (χ0) is 13.0. The predicted octanol–water partition coefficient (Wildman–Crippen LogP) is 2.06. The summed E-state index contributed by atoms with van der Waals surface area (Å²) in [5.41, 5.74) is 10.7. The van der Waals surface area contributed by atoms with Gasteiger partial charge in [0.25, 0.3) is 0 Å². The van der Waals surface area contributed by atoms with Crippen molar-refractivity contribution >= 4 is 0 Å². The van der Waals surface area contributed by atoms with E-state index in [9.17, 15) is 0 Å². The SMILES string of the molecule is COc1c(C)c(C)cc(C)c1CNCC(C)N. The number of ether oxygens (including phenoxy) is 1. The lowest BCUT2D eigenvalue weighted by atomic mass is 9.99. The molecule has 0 heterocycles. The van der Waals surface area contributed by atoms with Crippen LogP contribution in [-0.4, -0.2) is 19.7 Å². The summed E-state index contributed by atoms with van der Waals surface area (Å²) < 4.78 is 5.52. The number of benzene rings is 1. The van der Waals surface area contributed by atoms with Gasteiger partial charge in [-0.1, -0.05) is 6.07 Å². The summed E-state index contributed by atoms with van der Waals surface area (Å²) in [6, 6.07) is 2.38. The molecule has 0 aliphatic heterocycles. The maximum absolute atomic E-state index is 5.73. The normalized spacial score (nSPS) is 12.6. The van der Waals surface area contributed by atoms with Crippen molar-refractivity contribution in [3.05, 3.63) is 28.3 Å². The Kier molecular flexibility index (Phi) is 4.97. The molecule has 96 valence electrons. The topological polar surface area (TPSA) is 47.3 Å². The molecule has 0 fully saturated rings. The van der Waals surface area contributed by atoms with Gasteiger partial charge in [0.2, 0.25) is 0 Å². The van der Waals surface area contributed by atoms with Crippen molar-refractivity contribution in [3.8, 4) is 5.75 Å². The molecular weight excluding hydrogens is 212 g/mol. The van der Waals surface area contributed by atoms with Gasteiger partial charge in [-0.05, 0) is 44.4 Å². The Balaban J connectivity index is 2.93. The lowest BCUT2D eigenvalue weighted by Crippen LogP contribution is -2.31. The molecular formula is C14H24N2O. The van der Waals surface area contributed by atoms with Crippen molar-refractivity contribution in [2.45, 2.75) is 40.3 Å². The van der Waals surface area contributed by atoms with E-state index in [4.69, 9.17) is 10.5 Å². The van der Waals surface area contributed by atoms with E-state index < -0.39 is 0 Å². The van der Waals surface area contributed by atoms with Crippen LogP contribution in [0.2, 0.25) is 0 Å². The van der Waals surface area contributed by atoms with Gasteiger partial charge in [-0.2, -0.15) is 0 Å². The van der Waals surface area contributed by atoms with E-state index in [1.807, 2.05) is 6.92 Å². The molecule has 3 heteroatoms. The van der Waals surface area contributed by atoms with Gasteiger partial charge in [-0.3, -0.25) is 0 Å². The van der Waals surface area contributed by atoms with E-state index in [0.29, 0.717) is 0 Å². The predicted molar refractivity (Wildman–Crippen MR) is 72.6 cm³/mol. The van der Waals surface area contributed by atoms with Crippen LogP contribution in [0.25, 0.3) is 0 Å². The first-order valence-electron chi connectivity index (χ1n) is 6.07. The summed E-state index contributed by atoms with van der Waals surface area (Å²) in [7, 11) is 1.73. The molecule has 0 amide bonds. The molecule has 0 radical (unpaired) electrons. The summed E-state index contributed by atoms with van der Waals surface area (Å²) in [5.74, 6) is 1.000. The molecule has 0 saturated heterocycles. The van der Waals surface area contributed by atoms with Crippen LogP contribution >= 0.6 is 0 Å². The monoisotopic (exact) mass is 236 g/mol. The highest BCUT2D eigenvalue weighted by molar-refractivity contribution is 5.49. The maximum Gasteiger partial charge on any atom is 0.126 e. The van der Waals surface area contributed by atoms with Crippen LogP contribution in [0.5, 0.6) is 5.75 Å². The van der Waals surface area contributed by atoms with Crippen molar-refractivity contribution < 1.29 is 4.74 Å². The number of methoxy groups -OCH3 is 1. The molecule has 0 aromatic heterocycles. The standard InChI is InChI=1S/C14H24N2O/c1-9-6-10(2)13(8-16-7-11(3)15)14(17-5)12(9)4/h6,11,16H,7-8,15H2,1-5H3. The smallest absolute Gasteiger partial charge is 0.126 e. The maximum atomic E-state index is 5.73. The fourth-order valence-electron chi connectivity index (χ4n) is 2.03. The number of nitrogens with two attached hydrogens (primary N) is 1. The number of nitrogens with one attached hydrogen (secondary N) is 1. The molecule has 1 rings (SSSR count). The van der Waals surface area contributed by atoms with Crippen molar-refractivity contribution in [1.82, 2.24) is 5.32 Å². The van der Waals surface area contributed by atoms with E-state index in [2.05, 4.69) is 32.2 Å². The summed E-state index contributed by atoms with van der Waals surface area (Å²) in [6.45, 7) is 9.95. The molecule has 1 unspecified atom stereocenters. The number of hydrogen-bond acceptors (Lipinski definition) is 3. The second-order valence-corrected chi connectivity index (χ2v) is 4.76. The Bertz CT molecular complexity index is 386. The first-order valence-corrected chi connectivity index (χ1v) is 6.07. The summed E-state index contributed by atoms with van der Waals surface area (Å²) in [6.07, 6.45) is 0. The fourth-order valence-corrected chi connectivity index (χ4v) is 2.03. The highest BCUT2D eigenvalue weighted by atomic mass is 16.5. The molecule has 0 aliphatic rings. The second kappa shape index (κ2) is 6.03. The van der Waals surface area contributed by atoms with Gasteiger partial charge in [0.05, 0.1) is 7.11 Å². The van der Waals surface area contributed by atoms with Crippen molar-refractivity contribution in [3.63, 3.8) is 0 Å². The van der Waals surface area contributed by atoms with E-state index in [1.54, 1.807) is 7.11 Å². The van der Waals surface area contributed by atoms with Gasteiger partial charge in [0.15, 0.2) is 0 Å². The largest absolute Gasteiger partial charge is 0.496 e. The van der Waals surface area contributed by atoms with Crippen LogP contribution in [0, 0.1) is 20.8 Å². The van der Waals surface area contributed by atoms with Crippen LogP contribution in [0.4, 0.5) is 0 Å². The molecule has 17 heavy (non-hydrogen) atoms. The summed E-state index contributed by atoms with van der Waals surface area (Å²) in [4.78, 5) is 0. The minimum atomic E-state index is 0.174. The van der Waals surface area contributed by atoms with Crippen molar-refractivity contribution in [2.75, 3.05) is 13.7 Å². The lowest BCUT2D eigenvalue weighted by molar-refractivity contribution is 0.403. The third-order valence-corrected chi connectivity index (χ3v) is 3.09. The number of aryl methyl sites for hydroxylation is 2. The Morgan fingerprint density at radius 2 is 1.94 bits per heavy atom. The van der Waals surface area contributed by atoms with E-state index in [1.165, 1.54) is 22.3 Å². The molecule has 0 aliphatic carbocycles. The average Bonchev–Trinajstić information content (AvgIpc) is 2.25. The Labute approximate surface area is 104 Å². The van der Waals surface area contributed by atoms with Crippen LogP contribution < -0.4 is 15.8 Å². The van der Waals surface area contributed by atoms with E-state index >= 15 is 0 Å². The molecule has 3 N–H and O–H groups in total. The van der Waals surface area contributed by atoms with Crippen LogP contribution in [-0.2, 0) is 6.54 Å². The Hall–Kier alpha value is -1.06. The first-order chi connectivity index (χ1) is 7.97. The molecule has 0 saturated carbocycles. The Morgan fingerprint density at radius 1 is 1.29 bits per heavy atom. The molecule has 0 spiro atoms.